The van der Waals surface area contributed by atoms with E-state index < -0.39 is 5.60 Å². The van der Waals surface area contributed by atoms with E-state index in [0.29, 0.717) is 12.3 Å². The van der Waals surface area contributed by atoms with Crippen molar-refractivity contribution < 1.29 is 5.11 Å². The molecule has 0 aromatic rings. The second-order valence-corrected chi connectivity index (χ2v) is 2.52. The number of hydrogen-bond acceptors (Lipinski definition) is 2. The molecule has 1 atom stereocenters. The van der Waals surface area contributed by atoms with Crippen LogP contribution in [0.2, 0.25) is 0 Å². The highest BCUT2D eigenvalue weighted by molar-refractivity contribution is 6.17. The summed E-state index contributed by atoms with van der Waals surface area (Å²) in [5, 5.41) is 9.11. The molecule has 50 valence electrons. The molecule has 0 aliphatic rings. The summed E-state index contributed by atoms with van der Waals surface area (Å²) in [6, 6.07) is 0. The number of halogens is 1. The molecule has 3 heteroatoms. The van der Waals surface area contributed by atoms with Crippen molar-refractivity contribution in [2.45, 2.75) is 18.9 Å². The van der Waals surface area contributed by atoms with Gasteiger partial charge in [0.2, 0.25) is 0 Å². The van der Waals surface area contributed by atoms with Crippen molar-refractivity contribution in [2.75, 3.05) is 12.4 Å². The van der Waals surface area contributed by atoms with Crippen molar-refractivity contribution in [3.8, 4) is 0 Å². The lowest BCUT2D eigenvalue weighted by molar-refractivity contribution is 0.0662. The van der Waals surface area contributed by atoms with Crippen LogP contribution in [0.1, 0.15) is 13.3 Å². The minimum atomic E-state index is -0.762. The average molecular weight is 138 g/mol. The summed E-state index contributed by atoms with van der Waals surface area (Å²) in [4.78, 5) is 0. The van der Waals surface area contributed by atoms with Gasteiger partial charge in [-0.25, -0.2) is 0 Å². The van der Waals surface area contributed by atoms with Gasteiger partial charge in [-0.3, -0.25) is 0 Å². The number of nitrogens with two attached hydrogens (primary N) is 1. The van der Waals surface area contributed by atoms with E-state index >= 15 is 0 Å². The average Bonchev–Trinajstić information content (AvgIpc) is 1.67. The molecule has 0 aromatic carbocycles. The number of rotatable bonds is 3. The van der Waals surface area contributed by atoms with Crippen molar-refractivity contribution in [2.24, 2.45) is 5.73 Å². The number of hydrogen-bond donors (Lipinski definition) is 2. The van der Waals surface area contributed by atoms with Gasteiger partial charge in [0.15, 0.2) is 0 Å². The van der Waals surface area contributed by atoms with E-state index in [1.54, 1.807) is 6.92 Å². The van der Waals surface area contributed by atoms with Crippen LogP contribution in [0.3, 0.4) is 0 Å². The summed E-state index contributed by atoms with van der Waals surface area (Å²) >= 11 is 5.35. The Morgan fingerprint density at radius 2 is 2.25 bits per heavy atom. The molecule has 0 aliphatic carbocycles. The van der Waals surface area contributed by atoms with Gasteiger partial charge in [0.25, 0.3) is 0 Å². The van der Waals surface area contributed by atoms with Crippen molar-refractivity contribution >= 4 is 11.6 Å². The molecule has 0 fully saturated rings. The lowest BCUT2D eigenvalue weighted by Gasteiger charge is -2.18. The quantitative estimate of drug-likeness (QED) is 0.551. The van der Waals surface area contributed by atoms with Crippen LogP contribution in [0.5, 0.6) is 0 Å². The highest BCUT2D eigenvalue weighted by atomic mass is 35.5. The van der Waals surface area contributed by atoms with Gasteiger partial charge < -0.3 is 10.8 Å². The van der Waals surface area contributed by atoms with Crippen LogP contribution < -0.4 is 5.73 Å². The molecule has 0 heterocycles. The number of alkyl halides is 1. The van der Waals surface area contributed by atoms with E-state index in [1.807, 2.05) is 0 Å². The lowest BCUT2D eigenvalue weighted by Crippen LogP contribution is -2.34. The Labute approximate surface area is 54.6 Å². The van der Waals surface area contributed by atoms with Gasteiger partial charge in [-0.05, 0) is 13.3 Å². The zero-order chi connectivity index (χ0) is 6.62. The zero-order valence-corrected chi connectivity index (χ0v) is 5.78. The maximum absolute atomic E-state index is 9.11. The first kappa shape index (κ1) is 8.21. The molecule has 0 spiro atoms. The Bertz CT molecular complexity index is 65.4. The third kappa shape index (κ3) is 3.24. The van der Waals surface area contributed by atoms with E-state index in [9.17, 15) is 0 Å². The molecule has 0 rings (SSSR count). The first-order valence-electron chi connectivity index (χ1n) is 2.61. The predicted molar refractivity (Wildman–Crippen MR) is 35.0 cm³/mol. The minimum Gasteiger partial charge on any atom is -0.389 e. The highest BCUT2D eigenvalue weighted by Gasteiger charge is 2.15. The lowest BCUT2D eigenvalue weighted by atomic mass is 10.1. The first-order valence-corrected chi connectivity index (χ1v) is 3.14. The van der Waals surface area contributed by atoms with Crippen molar-refractivity contribution in [1.82, 2.24) is 0 Å². The SMILES string of the molecule is CC(O)(CN)CCCl. The Balaban J connectivity index is 3.37. The summed E-state index contributed by atoms with van der Waals surface area (Å²) in [6.07, 6.45) is 0.561. The second-order valence-electron chi connectivity index (χ2n) is 2.14. The molecule has 0 aliphatic heterocycles. The first-order chi connectivity index (χ1) is 3.62. The molecular weight excluding hydrogens is 126 g/mol. The van der Waals surface area contributed by atoms with Gasteiger partial charge in [-0.2, -0.15) is 0 Å². The number of aliphatic hydroxyl groups is 1. The van der Waals surface area contributed by atoms with Crippen molar-refractivity contribution in [1.29, 1.82) is 0 Å². The molecule has 1 unspecified atom stereocenters. The van der Waals surface area contributed by atoms with Crippen molar-refractivity contribution in [3.63, 3.8) is 0 Å². The maximum atomic E-state index is 9.11. The third-order valence-electron chi connectivity index (χ3n) is 1.07. The van der Waals surface area contributed by atoms with Crippen molar-refractivity contribution in [3.05, 3.63) is 0 Å². The highest BCUT2D eigenvalue weighted by Crippen LogP contribution is 2.06. The summed E-state index contributed by atoms with van der Waals surface area (Å²) in [5.41, 5.74) is 4.42. The molecule has 0 bridgehead atoms. The van der Waals surface area contributed by atoms with Gasteiger partial charge in [0.1, 0.15) is 0 Å². The molecular formula is C5H12ClNO. The van der Waals surface area contributed by atoms with E-state index in [-0.39, 0.29) is 6.54 Å². The molecule has 8 heavy (non-hydrogen) atoms. The fraction of sp³-hybridized carbons (Fsp3) is 1.00. The van der Waals surface area contributed by atoms with E-state index in [1.165, 1.54) is 0 Å². The van der Waals surface area contributed by atoms with Gasteiger partial charge in [-0.15, -0.1) is 11.6 Å². The van der Waals surface area contributed by atoms with Gasteiger partial charge in [0.05, 0.1) is 5.60 Å². The third-order valence-corrected chi connectivity index (χ3v) is 1.26. The van der Waals surface area contributed by atoms with Crippen LogP contribution in [-0.4, -0.2) is 23.1 Å². The molecule has 2 nitrogen and oxygen atoms in total. The van der Waals surface area contributed by atoms with Crippen LogP contribution in [0.25, 0.3) is 0 Å². The van der Waals surface area contributed by atoms with E-state index in [0.717, 1.165) is 0 Å². The zero-order valence-electron chi connectivity index (χ0n) is 5.02. The summed E-state index contributed by atoms with van der Waals surface area (Å²) in [5.74, 6) is 0.463. The predicted octanol–water partition coefficient (Wildman–Crippen LogP) is 0.325. The molecule has 3 N–H and O–H groups in total. The van der Waals surface area contributed by atoms with Gasteiger partial charge in [-0.1, -0.05) is 0 Å². The monoisotopic (exact) mass is 137 g/mol. The maximum Gasteiger partial charge on any atom is 0.0752 e. The largest absolute Gasteiger partial charge is 0.389 e. The van der Waals surface area contributed by atoms with Crippen LogP contribution in [-0.2, 0) is 0 Å². The molecule has 0 amide bonds. The second kappa shape index (κ2) is 3.28. The Morgan fingerprint density at radius 3 is 2.38 bits per heavy atom. The molecule has 0 radical (unpaired) electrons. The molecule has 0 aromatic heterocycles. The van der Waals surface area contributed by atoms with Crippen LogP contribution in [0.4, 0.5) is 0 Å². The van der Waals surface area contributed by atoms with E-state index in [4.69, 9.17) is 22.4 Å². The Morgan fingerprint density at radius 1 is 1.75 bits per heavy atom. The fourth-order valence-electron chi connectivity index (χ4n) is 0.306. The summed E-state index contributed by atoms with van der Waals surface area (Å²) in [6.45, 7) is 1.95. The molecule has 0 saturated carbocycles. The van der Waals surface area contributed by atoms with Crippen LogP contribution in [0.15, 0.2) is 0 Å². The topological polar surface area (TPSA) is 46.2 Å². The van der Waals surface area contributed by atoms with Crippen LogP contribution >= 0.6 is 11.6 Å². The molecule has 0 saturated heterocycles. The fourth-order valence-corrected chi connectivity index (χ4v) is 0.713. The van der Waals surface area contributed by atoms with Crippen LogP contribution in [0, 0.1) is 0 Å². The normalized spacial score (nSPS) is 18.0. The Hall–Kier alpha value is 0.210. The standard InChI is InChI=1S/C5H12ClNO/c1-5(8,4-7)2-3-6/h8H,2-4,7H2,1H3. The minimum absolute atomic E-state index is 0.278. The smallest absolute Gasteiger partial charge is 0.0752 e. The summed E-state index contributed by atoms with van der Waals surface area (Å²) in [7, 11) is 0. The Kier molecular flexibility index (Phi) is 3.36. The van der Waals surface area contributed by atoms with E-state index in [2.05, 4.69) is 0 Å². The van der Waals surface area contributed by atoms with Gasteiger partial charge >= 0.3 is 0 Å². The van der Waals surface area contributed by atoms with Gasteiger partial charge in [0, 0.05) is 12.4 Å². The summed E-state index contributed by atoms with van der Waals surface area (Å²) < 4.78 is 0.